The number of rotatable bonds is 3. The third-order valence-electron chi connectivity index (χ3n) is 3.69. The van der Waals surface area contributed by atoms with E-state index in [1.54, 1.807) is 19.9 Å². The first kappa shape index (κ1) is 16.0. The fourth-order valence-corrected chi connectivity index (χ4v) is 5.40. The van der Waals surface area contributed by atoms with Crippen molar-refractivity contribution >= 4 is 33.2 Å². The summed E-state index contributed by atoms with van der Waals surface area (Å²) in [6.45, 7) is 3.58. The summed E-state index contributed by atoms with van der Waals surface area (Å²) in [7, 11) is -3.75. The molecule has 0 spiro atoms. The van der Waals surface area contributed by atoms with Crippen LogP contribution in [0.25, 0.3) is 0 Å². The van der Waals surface area contributed by atoms with Gasteiger partial charge in [-0.1, -0.05) is 23.2 Å². The molecule has 1 aliphatic rings. The van der Waals surface area contributed by atoms with E-state index in [2.05, 4.69) is 0 Å². The van der Waals surface area contributed by atoms with Gasteiger partial charge < -0.3 is 5.11 Å². The van der Waals surface area contributed by atoms with Gasteiger partial charge in [0, 0.05) is 17.6 Å². The van der Waals surface area contributed by atoms with Crippen molar-refractivity contribution in [3.8, 4) is 0 Å². The van der Waals surface area contributed by atoms with Crippen LogP contribution in [0.1, 0.15) is 24.0 Å². The Bertz CT molecular complexity index is 605. The predicted molar refractivity (Wildman–Crippen MR) is 79.9 cm³/mol. The van der Waals surface area contributed by atoms with E-state index < -0.39 is 10.0 Å². The summed E-state index contributed by atoms with van der Waals surface area (Å²) in [4.78, 5) is 0.0597. The lowest BCUT2D eigenvalue weighted by atomic mass is 10.2. The molecule has 1 atom stereocenters. The second kappa shape index (κ2) is 5.81. The normalized spacial score (nSPS) is 20.6. The van der Waals surface area contributed by atoms with Crippen molar-refractivity contribution in [1.82, 2.24) is 4.31 Å². The van der Waals surface area contributed by atoms with Crippen LogP contribution in [0.5, 0.6) is 0 Å². The molecule has 1 aromatic carbocycles. The largest absolute Gasteiger partial charge is 0.395 e. The Morgan fingerprint density at radius 3 is 2.65 bits per heavy atom. The molecule has 0 saturated carbocycles. The molecule has 0 aromatic heterocycles. The number of aliphatic hydroxyl groups is 1. The molecule has 7 heteroatoms. The van der Waals surface area contributed by atoms with Gasteiger partial charge in [-0.15, -0.1) is 0 Å². The van der Waals surface area contributed by atoms with Gasteiger partial charge in [-0.2, -0.15) is 4.31 Å². The van der Waals surface area contributed by atoms with Crippen LogP contribution in [0, 0.1) is 13.8 Å². The summed E-state index contributed by atoms with van der Waals surface area (Å²) in [5, 5.41) is 9.91. The van der Waals surface area contributed by atoms with Gasteiger partial charge in [0.15, 0.2) is 0 Å². The highest BCUT2D eigenvalue weighted by Gasteiger charge is 2.37. The Hall–Kier alpha value is -0.330. The summed E-state index contributed by atoms with van der Waals surface area (Å²) in [6.07, 6.45) is 1.40. The van der Waals surface area contributed by atoms with E-state index in [9.17, 15) is 13.5 Å². The molecule has 0 radical (unpaired) electrons. The van der Waals surface area contributed by atoms with Crippen molar-refractivity contribution in [2.75, 3.05) is 13.2 Å². The van der Waals surface area contributed by atoms with Gasteiger partial charge in [-0.05, 0) is 43.9 Å². The molecule has 1 unspecified atom stereocenters. The lowest BCUT2D eigenvalue weighted by molar-refractivity contribution is 0.213. The van der Waals surface area contributed by atoms with Gasteiger partial charge in [0.1, 0.15) is 4.90 Å². The quantitative estimate of drug-likeness (QED) is 0.922. The number of halogens is 2. The number of aliphatic hydroxyl groups excluding tert-OH is 1. The third-order valence-corrected chi connectivity index (χ3v) is 6.80. The zero-order valence-electron chi connectivity index (χ0n) is 11.4. The standard InChI is InChI=1S/C13H17Cl2NO3S/c1-8-6-11(14)9(2)13(12(8)15)20(18,19)16-5-3-4-10(16)7-17/h6,10,17H,3-5,7H2,1-2H3. The summed E-state index contributed by atoms with van der Waals surface area (Å²) in [5.74, 6) is 0. The van der Waals surface area contributed by atoms with Crippen molar-refractivity contribution < 1.29 is 13.5 Å². The first-order chi connectivity index (χ1) is 9.30. The molecule has 4 nitrogen and oxygen atoms in total. The molecule has 0 amide bonds. The Labute approximate surface area is 129 Å². The Balaban J connectivity index is 2.61. The summed E-state index contributed by atoms with van der Waals surface area (Å²) < 4.78 is 27.0. The van der Waals surface area contributed by atoms with Gasteiger partial charge >= 0.3 is 0 Å². The summed E-state index contributed by atoms with van der Waals surface area (Å²) >= 11 is 12.3. The number of benzene rings is 1. The SMILES string of the molecule is Cc1cc(Cl)c(C)c(S(=O)(=O)N2CCCC2CO)c1Cl. The minimum absolute atomic E-state index is 0.0597. The minimum atomic E-state index is -3.75. The maximum absolute atomic E-state index is 12.8. The fraction of sp³-hybridized carbons (Fsp3) is 0.538. The molecule has 1 fully saturated rings. The Kier molecular flexibility index (Phi) is 4.66. The lowest BCUT2D eigenvalue weighted by Crippen LogP contribution is -2.38. The van der Waals surface area contributed by atoms with Crippen molar-refractivity contribution in [3.05, 3.63) is 27.2 Å². The van der Waals surface area contributed by atoms with E-state index in [1.807, 2.05) is 0 Å². The highest BCUT2D eigenvalue weighted by Crippen LogP contribution is 2.37. The molecule has 0 bridgehead atoms. The topological polar surface area (TPSA) is 57.6 Å². The van der Waals surface area contributed by atoms with Crippen LogP contribution < -0.4 is 0 Å². The molecule has 20 heavy (non-hydrogen) atoms. The van der Waals surface area contributed by atoms with E-state index in [-0.39, 0.29) is 22.6 Å². The smallest absolute Gasteiger partial charge is 0.245 e. The Morgan fingerprint density at radius 2 is 2.05 bits per heavy atom. The molecule has 2 rings (SSSR count). The molecule has 1 aromatic rings. The van der Waals surface area contributed by atoms with Crippen molar-refractivity contribution in [1.29, 1.82) is 0 Å². The maximum atomic E-state index is 12.8. The van der Waals surface area contributed by atoms with Gasteiger partial charge in [0.25, 0.3) is 0 Å². The highest BCUT2D eigenvalue weighted by molar-refractivity contribution is 7.89. The molecule has 1 aliphatic heterocycles. The van der Waals surface area contributed by atoms with E-state index in [0.29, 0.717) is 29.1 Å². The average molecular weight is 338 g/mol. The number of hydrogen-bond donors (Lipinski definition) is 1. The van der Waals surface area contributed by atoms with Crippen molar-refractivity contribution in [3.63, 3.8) is 0 Å². The average Bonchev–Trinajstić information content (AvgIpc) is 2.85. The number of nitrogens with zero attached hydrogens (tertiary/aromatic N) is 1. The number of hydrogen-bond acceptors (Lipinski definition) is 3. The monoisotopic (exact) mass is 337 g/mol. The molecular formula is C13H17Cl2NO3S. The summed E-state index contributed by atoms with van der Waals surface area (Å²) in [5.41, 5.74) is 1.08. The van der Waals surface area contributed by atoms with E-state index in [0.717, 1.165) is 6.42 Å². The molecule has 1 saturated heterocycles. The first-order valence-corrected chi connectivity index (χ1v) is 8.58. The van der Waals surface area contributed by atoms with Crippen LogP contribution in [-0.4, -0.2) is 37.0 Å². The van der Waals surface area contributed by atoms with Crippen LogP contribution in [0.3, 0.4) is 0 Å². The molecule has 0 aliphatic carbocycles. The van der Waals surface area contributed by atoms with Crippen LogP contribution in [0.15, 0.2) is 11.0 Å². The van der Waals surface area contributed by atoms with Crippen molar-refractivity contribution in [2.45, 2.75) is 37.6 Å². The van der Waals surface area contributed by atoms with Crippen LogP contribution in [-0.2, 0) is 10.0 Å². The Morgan fingerprint density at radius 1 is 1.40 bits per heavy atom. The van der Waals surface area contributed by atoms with Crippen molar-refractivity contribution in [2.24, 2.45) is 0 Å². The van der Waals surface area contributed by atoms with E-state index in [4.69, 9.17) is 23.2 Å². The second-order valence-electron chi connectivity index (χ2n) is 5.04. The zero-order valence-corrected chi connectivity index (χ0v) is 13.7. The predicted octanol–water partition coefficient (Wildman–Crippen LogP) is 2.76. The highest BCUT2D eigenvalue weighted by atomic mass is 35.5. The molecule has 1 heterocycles. The number of aryl methyl sites for hydroxylation is 1. The van der Waals surface area contributed by atoms with Gasteiger partial charge in [0.2, 0.25) is 10.0 Å². The third kappa shape index (κ3) is 2.57. The van der Waals surface area contributed by atoms with Crippen LogP contribution in [0.2, 0.25) is 10.0 Å². The van der Waals surface area contributed by atoms with Crippen LogP contribution >= 0.6 is 23.2 Å². The first-order valence-electron chi connectivity index (χ1n) is 6.38. The zero-order chi connectivity index (χ0) is 15.1. The van der Waals surface area contributed by atoms with E-state index >= 15 is 0 Å². The fourth-order valence-electron chi connectivity index (χ4n) is 2.55. The van der Waals surface area contributed by atoms with Gasteiger partial charge in [-0.25, -0.2) is 8.42 Å². The van der Waals surface area contributed by atoms with E-state index in [1.165, 1.54) is 4.31 Å². The molecular weight excluding hydrogens is 321 g/mol. The van der Waals surface area contributed by atoms with Gasteiger partial charge in [-0.3, -0.25) is 0 Å². The molecule has 1 N–H and O–H groups in total. The van der Waals surface area contributed by atoms with Crippen LogP contribution in [0.4, 0.5) is 0 Å². The number of sulfonamides is 1. The molecule has 112 valence electrons. The maximum Gasteiger partial charge on any atom is 0.245 e. The lowest BCUT2D eigenvalue weighted by Gasteiger charge is -2.24. The minimum Gasteiger partial charge on any atom is -0.395 e. The second-order valence-corrected chi connectivity index (χ2v) is 7.65. The van der Waals surface area contributed by atoms with Gasteiger partial charge in [0.05, 0.1) is 11.6 Å². The summed E-state index contributed by atoms with van der Waals surface area (Å²) in [6, 6.07) is 1.28.